The minimum absolute atomic E-state index is 0.110. The van der Waals surface area contributed by atoms with E-state index in [0.717, 1.165) is 36.3 Å². The summed E-state index contributed by atoms with van der Waals surface area (Å²) in [4.78, 5) is 7.07. The number of anilines is 1. The van der Waals surface area contributed by atoms with E-state index >= 15 is 0 Å². The Bertz CT molecular complexity index is 1320. The molecule has 3 aromatic heterocycles. The molecular weight excluding hydrogens is 492 g/mol. The van der Waals surface area contributed by atoms with Crippen molar-refractivity contribution in [1.29, 1.82) is 0 Å². The fraction of sp³-hybridized carbons (Fsp3) is 0.560. The number of pyridine rings is 1. The van der Waals surface area contributed by atoms with Gasteiger partial charge in [-0.25, -0.2) is 12.9 Å². The van der Waals surface area contributed by atoms with Crippen molar-refractivity contribution in [3.05, 3.63) is 36.8 Å². The number of nitrogens with one attached hydrogen (secondary N) is 2. The maximum Gasteiger partial charge on any atom is 0.243 e. The van der Waals surface area contributed by atoms with Gasteiger partial charge in [0.15, 0.2) is 11.4 Å². The molecule has 0 unspecified atom stereocenters. The third kappa shape index (κ3) is 5.81. The number of sulfonamides is 1. The minimum atomic E-state index is -3.31. The average Bonchev–Trinajstić information content (AvgIpc) is 3.56. The number of piperidine rings is 2. The van der Waals surface area contributed by atoms with E-state index in [4.69, 9.17) is 9.72 Å². The molecule has 1 atom stereocenters. The second kappa shape index (κ2) is 11.2. The summed E-state index contributed by atoms with van der Waals surface area (Å²) in [6.07, 6.45) is 10.4. The first-order chi connectivity index (χ1) is 17.9. The topological polar surface area (TPSA) is 121 Å². The van der Waals surface area contributed by atoms with Crippen LogP contribution in [0.2, 0.25) is 0 Å². The lowest BCUT2D eigenvalue weighted by Gasteiger charge is -2.33. The van der Waals surface area contributed by atoms with E-state index in [9.17, 15) is 8.42 Å². The van der Waals surface area contributed by atoms with Crippen LogP contribution in [0.1, 0.15) is 39.0 Å². The summed E-state index contributed by atoms with van der Waals surface area (Å²) >= 11 is 0. The lowest BCUT2D eigenvalue weighted by Crippen LogP contribution is -2.45. The molecule has 0 saturated carbocycles. The molecule has 37 heavy (non-hydrogen) atoms. The number of ether oxygens (including phenoxy) is 1. The van der Waals surface area contributed by atoms with Crippen LogP contribution in [0.3, 0.4) is 0 Å². The van der Waals surface area contributed by atoms with Gasteiger partial charge in [0.1, 0.15) is 0 Å². The fourth-order valence-corrected chi connectivity index (χ4v) is 6.64. The smallest absolute Gasteiger partial charge is 0.243 e. The van der Waals surface area contributed by atoms with Crippen LogP contribution >= 0.6 is 0 Å². The Morgan fingerprint density at radius 2 is 2.08 bits per heavy atom. The molecule has 2 fully saturated rings. The number of rotatable bonds is 10. The Kier molecular flexibility index (Phi) is 7.77. The predicted molar refractivity (Wildman–Crippen MR) is 143 cm³/mol. The van der Waals surface area contributed by atoms with Crippen molar-refractivity contribution in [1.82, 2.24) is 34.0 Å². The second-order valence-electron chi connectivity index (χ2n) is 9.73. The van der Waals surface area contributed by atoms with Crippen LogP contribution in [-0.2, 0) is 10.0 Å². The highest BCUT2D eigenvalue weighted by molar-refractivity contribution is 7.89. The van der Waals surface area contributed by atoms with Crippen molar-refractivity contribution in [2.75, 3.05) is 50.4 Å². The van der Waals surface area contributed by atoms with Gasteiger partial charge in [0.05, 0.1) is 24.6 Å². The van der Waals surface area contributed by atoms with Crippen LogP contribution in [0, 0.1) is 0 Å². The van der Waals surface area contributed by atoms with E-state index in [1.165, 1.54) is 19.3 Å². The van der Waals surface area contributed by atoms with E-state index in [0.29, 0.717) is 49.9 Å². The molecule has 0 radical (unpaired) electrons. The van der Waals surface area contributed by atoms with E-state index in [-0.39, 0.29) is 11.8 Å². The molecule has 5 heterocycles. The zero-order valence-electron chi connectivity index (χ0n) is 21.4. The number of aromatic nitrogens is 5. The van der Waals surface area contributed by atoms with Gasteiger partial charge in [-0.3, -0.25) is 5.10 Å². The fourth-order valence-electron chi connectivity index (χ4n) is 5.14. The Balaban J connectivity index is 1.22. The molecule has 0 aliphatic carbocycles. The number of aromatic amines is 1. The summed E-state index contributed by atoms with van der Waals surface area (Å²) in [6.45, 7) is 10.4. The van der Waals surface area contributed by atoms with Crippen LogP contribution in [0.4, 0.5) is 5.95 Å². The lowest BCUT2D eigenvalue weighted by atomic mass is 10.0. The Morgan fingerprint density at radius 3 is 2.81 bits per heavy atom. The molecule has 200 valence electrons. The normalized spacial score (nSPS) is 19.9. The first-order valence-corrected chi connectivity index (χ1v) is 14.7. The van der Waals surface area contributed by atoms with E-state index < -0.39 is 10.0 Å². The summed E-state index contributed by atoms with van der Waals surface area (Å²) in [6, 6.07) is 1.82. The van der Waals surface area contributed by atoms with Gasteiger partial charge >= 0.3 is 0 Å². The summed E-state index contributed by atoms with van der Waals surface area (Å²) in [7, 11) is -3.31. The third-order valence-electron chi connectivity index (χ3n) is 7.12. The number of likely N-dealkylation sites (tertiary alicyclic amines) is 1. The third-order valence-corrected chi connectivity index (χ3v) is 9.02. The van der Waals surface area contributed by atoms with E-state index in [1.54, 1.807) is 15.0 Å². The molecule has 0 aromatic carbocycles. The molecule has 2 N–H and O–H groups in total. The highest BCUT2D eigenvalue weighted by atomic mass is 32.2. The van der Waals surface area contributed by atoms with Crippen LogP contribution < -0.4 is 10.1 Å². The van der Waals surface area contributed by atoms with Crippen molar-refractivity contribution >= 4 is 21.6 Å². The number of hydrogen-bond donors (Lipinski definition) is 2. The molecule has 0 bridgehead atoms. The molecule has 12 heteroatoms. The maximum absolute atomic E-state index is 13.0. The first kappa shape index (κ1) is 25.7. The van der Waals surface area contributed by atoms with Crippen molar-refractivity contribution in [2.24, 2.45) is 0 Å². The van der Waals surface area contributed by atoms with Gasteiger partial charge in [0.25, 0.3) is 0 Å². The van der Waals surface area contributed by atoms with Gasteiger partial charge in [0.2, 0.25) is 16.0 Å². The number of nitrogens with zero attached hydrogens (tertiary/aromatic N) is 6. The summed E-state index contributed by atoms with van der Waals surface area (Å²) in [5.74, 6) is 1.27. The lowest BCUT2D eigenvalue weighted by molar-refractivity contribution is 0.229. The molecule has 2 saturated heterocycles. The highest BCUT2D eigenvalue weighted by Gasteiger charge is 2.31. The standard InChI is InChI=1S/C25H36N8O3S/c1-3-36-23-21(20-16-26-27-17-20)8-14-33-24(23)29-25(30-33)28-22-9-13-32(18-19(22)2)37(34,35)15-7-12-31-10-5-4-6-11-31/h8,14,16-17,22H,2-7,9-13,15,18H2,1H3,(H,26,27)(H,28,30)/t22-/m0/s1. The summed E-state index contributed by atoms with van der Waals surface area (Å²) in [5.41, 5.74) is 3.20. The SMILES string of the molecule is C=C1CN(S(=O)(=O)CCCN2CCCCC2)CC[C@@H]1Nc1nc2c(OCC)c(-c3cn[nH]c3)ccn2n1. The minimum Gasteiger partial charge on any atom is -0.489 e. The molecule has 2 aliphatic rings. The van der Waals surface area contributed by atoms with Crippen molar-refractivity contribution in [3.8, 4) is 16.9 Å². The van der Waals surface area contributed by atoms with Gasteiger partial charge in [-0.2, -0.15) is 14.4 Å². The summed E-state index contributed by atoms with van der Waals surface area (Å²) < 4.78 is 35.2. The zero-order valence-corrected chi connectivity index (χ0v) is 22.2. The van der Waals surface area contributed by atoms with Crippen molar-refractivity contribution < 1.29 is 13.2 Å². The average molecular weight is 529 g/mol. The molecule has 5 rings (SSSR count). The first-order valence-electron chi connectivity index (χ1n) is 13.1. The van der Waals surface area contributed by atoms with Gasteiger partial charge in [-0.1, -0.05) is 13.0 Å². The van der Waals surface area contributed by atoms with Crippen LogP contribution in [-0.4, -0.2) is 93.5 Å². The summed E-state index contributed by atoms with van der Waals surface area (Å²) in [5, 5.41) is 14.8. The molecule has 0 amide bonds. The largest absolute Gasteiger partial charge is 0.489 e. The molecular formula is C25H36N8O3S. The molecule has 11 nitrogen and oxygen atoms in total. The maximum atomic E-state index is 13.0. The number of hydrogen-bond acceptors (Lipinski definition) is 8. The Hall–Kier alpha value is -2.96. The molecule has 0 spiro atoms. The van der Waals surface area contributed by atoms with Crippen molar-refractivity contribution in [3.63, 3.8) is 0 Å². The zero-order chi connectivity index (χ0) is 25.8. The molecule has 2 aliphatic heterocycles. The van der Waals surface area contributed by atoms with Gasteiger partial charge < -0.3 is 15.0 Å². The van der Waals surface area contributed by atoms with Crippen LogP contribution in [0.5, 0.6) is 5.75 Å². The predicted octanol–water partition coefficient (Wildman–Crippen LogP) is 2.77. The van der Waals surface area contributed by atoms with Gasteiger partial charge in [-0.05, 0) is 63.9 Å². The second-order valence-corrected chi connectivity index (χ2v) is 11.8. The number of H-pyrrole nitrogens is 1. The molecule has 3 aromatic rings. The number of fused-ring (bicyclic) bond motifs is 1. The Morgan fingerprint density at radius 1 is 1.24 bits per heavy atom. The monoisotopic (exact) mass is 528 g/mol. The van der Waals surface area contributed by atoms with Crippen molar-refractivity contribution in [2.45, 2.75) is 45.1 Å². The highest BCUT2D eigenvalue weighted by Crippen LogP contribution is 2.33. The quantitative estimate of drug-likeness (QED) is 0.386. The van der Waals surface area contributed by atoms with Crippen LogP contribution in [0.15, 0.2) is 36.8 Å². The van der Waals surface area contributed by atoms with Gasteiger partial charge in [-0.15, -0.1) is 5.10 Å². The van der Waals surface area contributed by atoms with E-state index in [1.807, 2.05) is 25.4 Å². The Labute approximate surface area is 217 Å². The van der Waals surface area contributed by atoms with E-state index in [2.05, 4.69) is 32.1 Å². The van der Waals surface area contributed by atoms with Crippen LogP contribution in [0.25, 0.3) is 16.8 Å². The van der Waals surface area contributed by atoms with Gasteiger partial charge in [0, 0.05) is 36.6 Å².